The molecule has 0 saturated heterocycles. The first-order valence-corrected chi connectivity index (χ1v) is 6.73. The van der Waals surface area contributed by atoms with Gasteiger partial charge in [-0.3, -0.25) is 4.90 Å². The predicted molar refractivity (Wildman–Crippen MR) is 66.4 cm³/mol. The summed E-state index contributed by atoms with van der Waals surface area (Å²) in [6.45, 7) is 4.91. The van der Waals surface area contributed by atoms with Crippen LogP contribution in [0.15, 0.2) is 0 Å². The summed E-state index contributed by atoms with van der Waals surface area (Å²) in [5.41, 5.74) is 6.21. The van der Waals surface area contributed by atoms with E-state index in [4.69, 9.17) is 10.5 Å². The summed E-state index contributed by atoms with van der Waals surface area (Å²) in [7, 11) is 2.24. The van der Waals surface area contributed by atoms with Crippen molar-refractivity contribution in [3.63, 3.8) is 0 Å². The molecule has 2 fully saturated rings. The maximum Gasteiger partial charge on any atom is 0.0611 e. The molecule has 0 aliphatic heterocycles. The van der Waals surface area contributed by atoms with Crippen LogP contribution in [0.4, 0.5) is 0 Å². The van der Waals surface area contributed by atoms with Crippen LogP contribution in [0.2, 0.25) is 0 Å². The predicted octanol–water partition coefficient (Wildman–Crippen LogP) is 1.61. The van der Waals surface area contributed by atoms with Gasteiger partial charge < -0.3 is 10.5 Å². The minimum atomic E-state index is 0.245. The lowest BCUT2D eigenvalue weighted by Crippen LogP contribution is -2.63. The summed E-state index contributed by atoms with van der Waals surface area (Å²) < 4.78 is 5.65. The Morgan fingerprint density at radius 2 is 2.06 bits per heavy atom. The van der Waals surface area contributed by atoms with Gasteiger partial charge in [-0.2, -0.15) is 0 Å². The monoisotopic (exact) mass is 226 g/mol. The molecule has 0 atom stereocenters. The first kappa shape index (κ1) is 12.3. The summed E-state index contributed by atoms with van der Waals surface area (Å²) in [5, 5.41) is 0. The van der Waals surface area contributed by atoms with Crippen LogP contribution in [0.3, 0.4) is 0 Å². The minimum Gasteiger partial charge on any atom is -0.378 e. The van der Waals surface area contributed by atoms with Gasteiger partial charge in [-0.1, -0.05) is 6.42 Å². The first-order chi connectivity index (χ1) is 7.70. The van der Waals surface area contributed by atoms with E-state index in [0.717, 1.165) is 31.9 Å². The summed E-state index contributed by atoms with van der Waals surface area (Å²) in [6, 6.07) is 0. The zero-order chi connectivity index (χ0) is 11.6. The molecule has 3 heteroatoms. The summed E-state index contributed by atoms with van der Waals surface area (Å²) in [4.78, 5) is 2.51. The lowest BCUT2D eigenvalue weighted by atomic mass is 9.72. The normalized spacial score (nSPS) is 34.9. The lowest BCUT2D eigenvalue weighted by molar-refractivity contribution is -0.0976. The molecule has 3 nitrogen and oxygen atoms in total. The van der Waals surface area contributed by atoms with Gasteiger partial charge in [-0.05, 0) is 45.6 Å². The Morgan fingerprint density at radius 3 is 2.50 bits per heavy atom. The highest BCUT2D eigenvalue weighted by atomic mass is 16.5. The van der Waals surface area contributed by atoms with Crippen LogP contribution >= 0.6 is 0 Å². The van der Waals surface area contributed by atoms with Crippen molar-refractivity contribution < 1.29 is 4.74 Å². The molecule has 2 saturated carbocycles. The van der Waals surface area contributed by atoms with Gasteiger partial charge in [0.1, 0.15) is 0 Å². The fourth-order valence-corrected chi connectivity index (χ4v) is 3.03. The molecule has 2 N–H and O–H groups in total. The van der Waals surface area contributed by atoms with Gasteiger partial charge in [0.25, 0.3) is 0 Å². The fourth-order valence-electron chi connectivity index (χ4n) is 3.03. The van der Waals surface area contributed by atoms with Gasteiger partial charge in [0, 0.05) is 25.2 Å². The van der Waals surface area contributed by atoms with Gasteiger partial charge in [-0.25, -0.2) is 0 Å². The van der Waals surface area contributed by atoms with E-state index in [0.29, 0.717) is 6.10 Å². The van der Waals surface area contributed by atoms with Gasteiger partial charge >= 0.3 is 0 Å². The molecule has 0 amide bonds. The molecule has 0 aromatic heterocycles. The average Bonchev–Trinajstić information content (AvgIpc) is 2.16. The quantitative estimate of drug-likeness (QED) is 0.748. The Balaban J connectivity index is 1.80. The van der Waals surface area contributed by atoms with Crippen molar-refractivity contribution in [3.8, 4) is 0 Å². The van der Waals surface area contributed by atoms with E-state index in [-0.39, 0.29) is 5.54 Å². The second-order valence-electron chi connectivity index (χ2n) is 5.59. The largest absolute Gasteiger partial charge is 0.378 e. The molecule has 0 spiro atoms. The van der Waals surface area contributed by atoms with Crippen molar-refractivity contribution in [1.29, 1.82) is 0 Å². The van der Waals surface area contributed by atoms with E-state index >= 15 is 0 Å². The van der Waals surface area contributed by atoms with E-state index in [9.17, 15) is 0 Å². The van der Waals surface area contributed by atoms with Crippen LogP contribution in [0.5, 0.6) is 0 Å². The third kappa shape index (κ3) is 2.27. The summed E-state index contributed by atoms with van der Waals surface area (Å²) >= 11 is 0. The van der Waals surface area contributed by atoms with Crippen LogP contribution < -0.4 is 5.73 Å². The van der Waals surface area contributed by atoms with Crippen molar-refractivity contribution in [1.82, 2.24) is 4.90 Å². The maximum atomic E-state index is 5.97. The van der Waals surface area contributed by atoms with E-state index in [1.54, 1.807) is 0 Å². The van der Waals surface area contributed by atoms with Crippen LogP contribution in [0.1, 0.15) is 39.0 Å². The molecule has 2 rings (SSSR count). The highest BCUT2D eigenvalue weighted by molar-refractivity contribution is 5.04. The van der Waals surface area contributed by atoms with Crippen LogP contribution in [0.25, 0.3) is 0 Å². The van der Waals surface area contributed by atoms with Crippen LogP contribution in [-0.2, 0) is 4.74 Å². The number of nitrogens with two attached hydrogens (primary N) is 1. The zero-order valence-corrected chi connectivity index (χ0v) is 10.7. The summed E-state index contributed by atoms with van der Waals surface area (Å²) in [6.07, 6.45) is 6.97. The van der Waals surface area contributed by atoms with Crippen molar-refractivity contribution in [2.45, 2.75) is 50.7 Å². The number of hydrogen-bond acceptors (Lipinski definition) is 3. The Morgan fingerprint density at radius 1 is 1.38 bits per heavy atom. The van der Waals surface area contributed by atoms with Gasteiger partial charge in [0.15, 0.2) is 0 Å². The average molecular weight is 226 g/mol. The Bertz CT molecular complexity index is 222. The highest BCUT2D eigenvalue weighted by Crippen LogP contribution is 2.40. The zero-order valence-electron chi connectivity index (χ0n) is 10.7. The third-order valence-corrected chi connectivity index (χ3v) is 4.56. The second kappa shape index (κ2) is 5.03. The van der Waals surface area contributed by atoms with Crippen molar-refractivity contribution >= 4 is 0 Å². The molecule has 0 bridgehead atoms. The highest BCUT2D eigenvalue weighted by Gasteiger charge is 2.47. The molecular formula is C13H26N2O. The molecule has 94 valence electrons. The standard InChI is InChI=1S/C13H26N2O/c1-3-16-12-7-13(8-12,10-14)15(2)9-11-5-4-6-11/h11-12H,3-10,14H2,1-2H3. The molecular weight excluding hydrogens is 200 g/mol. The van der Waals surface area contributed by atoms with Crippen molar-refractivity contribution in [2.24, 2.45) is 11.7 Å². The Hall–Kier alpha value is -0.120. The van der Waals surface area contributed by atoms with Crippen molar-refractivity contribution in [2.75, 3.05) is 26.7 Å². The molecule has 0 radical (unpaired) electrons. The first-order valence-electron chi connectivity index (χ1n) is 6.73. The van der Waals surface area contributed by atoms with E-state index < -0.39 is 0 Å². The van der Waals surface area contributed by atoms with Crippen LogP contribution in [0, 0.1) is 5.92 Å². The molecule has 0 aromatic rings. The molecule has 16 heavy (non-hydrogen) atoms. The topological polar surface area (TPSA) is 38.5 Å². The van der Waals surface area contributed by atoms with Gasteiger partial charge in [-0.15, -0.1) is 0 Å². The molecule has 0 heterocycles. The number of hydrogen-bond donors (Lipinski definition) is 1. The minimum absolute atomic E-state index is 0.245. The van der Waals surface area contributed by atoms with Crippen molar-refractivity contribution in [3.05, 3.63) is 0 Å². The number of ether oxygens (including phenoxy) is 1. The number of nitrogens with zero attached hydrogens (tertiary/aromatic N) is 1. The van der Waals surface area contributed by atoms with Gasteiger partial charge in [0.05, 0.1) is 6.10 Å². The third-order valence-electron chi connectivity index (χ3n) is 4.56. The second-order valence-corrected chi connectivity index (χ2v) is 5.59. The molecule has 2 aliphatic carbocycles. The molecule has 2 aliphatic rings. The van der Waals surface area contributed by atoms with Crippen LogP contribution in [-0.4, -0.2) is 43.3 Å². The Kier molecular flexibility index (Phi) is 3.88. The molecule has 0 aromatic carbocycles. The number of likely N-dealkylation sites (N-methyl/N-ethyl adjacent to an activating group) is 1. The summed E-state index contributed by atoms with van der Waals surface area (Å²) in [5.74, 6) is 0.930. The Labute approximate surface area is 99.3 Å². The molecule has 0 unspecified atom stereocenters. The van der Waals surface area contributed by atoms with E-state index in [1.165, 1.54) is 25.8 Å². The lowest BCUT2D eigenvalue weighted by Gasteiger charge is -2.53. The smallest absolute Gasteiger partial charge is 0.0611 e. The fraction of sp³-hybridized carbons (Fsp3) is 1.00. The maximum absolute atomic E-state index is 5.97. The van der Waals surface area contributed by atoms with E-state index in [2.05, 4.69) is 18.9 Å². The van der Waals surface area contributed by atoms with E-state index in [1.807, 2.05) is 0 Å². The SMILES string of the molecule is CCOC1CC(CN)(N(C)CC2CCC2)C1. The van der Waals surface area contributed by atoms with Gasteiger partial charge in [0.2, 0.25) is 0 Å². The number of rotatable bonds is 6.